The molecule has 0 aliphatic heterocycles. The van der Waals surface area contributed by atoms with Crippen LogP contribution < -0.4 is 5.32 Å². The van der Waals surface area contributed by atoms with E-state index in [1.165, 1.54) is 10.4 Å². The number of nitrogens with zero attached hydrogens (tertiary/aromatic N) is 3. The zero-order chi connectivity index (χ0) is 15.6. The molecular formula is C18H14N4S. The molecule has 3 aromatic heterocycles. The second-order valence-corrected chi connectivity index (χ2v) is 6.11. The van der Waals surface area contributed by atoms with E-state index >= 15 is 0 Å². The van der Waals surface area contributed by atoms with Gasteiger partial charge in [0.1, 0.15) is 10.6 Å². The molecule has 3 heterocycles. The Bertz CT molecular complexity index is 949. The van der Waals surface area contributed by atoms with Gasteiger partial charge < -0.3 is 5.32 Å². The van der Waals surface area contributed by atoms with Crippen LogP contribution in [0.5, 0.6) is 0 Å². The first kappa shape index (κ1) is 13.8. The van der Waals surface area contributed by atoms with Crippen LogP contribution in [-0.4, -0.2) is 22.0 Å². The molecule has 0 saturated carbocycles. The molecule has 4 aromatic rings. The first-order valence-electron chi connectivity index (χ1n) is 7.30. The highest BCUT2D eigenvalue weighted by molar-refractivity contribution is 7.21. The molecule has 0 spiro atoms. The molecule has 112 valence electrons. The highest BCUT2D eigenvalue weighted by Crippen LogP contribution is 2.36. The lowest BCUT2D eigenvalue weighted by atomic mass is 10.2. The quantitative estimate of drug-likeness (QED) is 0.606. The lowest BCUT2D eigenvalue weighted by Crippen LogP contribution is -1.97. The van der Waals surface area contributed by atoms with E-state index in [-0.39, 0.29) is 0 Å². The van der Waals surface area contributed by atoms with Crippen LogP contribution in [0.1, 0.15) is 0 Å². The fraction of sp³-hybridized carbons (Fsp3) is 0.0556. The second kappa shape index (κ2) is 5.78. The van der Waals surface area contributed by atoms with Gasteiger partial charge in [-0.1, -0.05) is 30.3 Å². The summed E-state index contributed by atoms with van der Waals surface area (Å²) in [5.41, 5.74) is 2.11. The van der Waals surface area contributed by atoms with Crippen LogP contribution >= 0.6 is 11.3 Å². The molecule has 0 bridgehead atoms. The first-order chi connectivity index (χ1) is 11.3. The Balaban J connectivity index is 1.90. The molecule has 0 unspecified atom stereocenters. The van der Waals surface area contributed by atoms with Crippen molar-refractivity contribution in [3.05, 3.63) is 60.9 Å². The molecular weight excluding hydrogens is 304 g/mol. The number of aromatic nitrogens is 3. The SMILES string of the molecule is CNc1nc(-c2cccnc2)nc2sc(-c3ccccc3)cc12. The molecule has 0 amide bonds. The molecule has 0 aliphatic carbocycles. The average molecular weight is 318 g/mol. The van der Waals surface area contributed by atoms with Gasteiger partial charge >= 0.3 is 0 Å². The van der Waals surface area contributed by atoms with Gasteiger partial charge in [-0.2, -0.15) is 0 Å². The molecule has 1 aromatic carbocycles. The largest absolute Gasteiger partial charge is 0.372 e. The molecule has 4 nitrogen and oxygen atoms in total. The first-order valence-corrected chi connectivity index (χ1v) is 8.12. The summed E-state index contributed by atoms with van der Waals surface area (Å²) in [5, 5.41) is 4.23. The number of pyridine rings is 1. The van der Waals surface area contributed by atoms with Crippen LogP contribution in [-0.2, 0) is 0 Å². The van der Waals surface area contributed by atoms with Crippen LogP contribution in [0.15, 0.2) is 60.9 Å². The van der Waals surface area contributed by atoms with Crippen molar-refractivity contribution in [1.82, 2.24) is 15.0 Å². The molecule has 5 heteroatoms. The molecule has 0 saturated heterocycles. The number of hydrogen-bond acceptors (Lipinski definition) is 5. The predicted octanol–water partition coefficient (Wildman–Crippen LogP) is 4.46. The van der Waals surface area contributed by atoms with E-state index in [4.69, 9.17) is 4.98 Å². The lowest BCUT2D eigenvalue weighted by Gasteiger charge is -2.04. The van der Waals surface area contributed by atoms with E-state index in [0.29, 0.717) is 5.82 Å². The highest BCUT2D eigenvalue weighted by atomic mass is 32.1. The normalized spacial score (nSPS) is 10.8. The predicted molar refractivity (Wildman–Crippen MR) is 95.6 cm³/mol. The van der Waals surface area contributed by atoms with Crippen LogP contribution in [0, 0.1) is 0 Å². The Kier molecular flexibility index (Phi) is 3.48. The Morgan fingerprint density at radius 3 is 2.52 bits per heavy atom. The van der Waals surface area contributed by atoms with Gasteiger partial charge in [0.05, 0.1) is 5.39 Å². The van der Waals surface area contributed by atoms with Gasteiger partial charge in [-0.25, -0.2) is 9.97 Å². The Hall–Kier alpha value is -2.79. The van der Waals surface area contributed by atoms with Gasteiger partial charge in [0.2, 0.25) is 0 Å². The monoisotopic (exact) mass is 318 g/mol. The van der Waals surface area contributed by atoms with E-state index in [1.807, 2.05) is 37.4 Å². The standard InChI is InChI=1S/C18H14N4S/c1-19-17-14-10-15(12-6-3-2-4-7-12)23-18(14)22-16(21-17)13-8-5-9-20-11-13/h2-11H,1H3,(H,19,21,22). The zero-order valence-corrected chi connectivity index (χ0v) is 13.3. The van der Waals surface area contributed by atoms with Gasteiger partial charge in [-0.3, -0.25) is 4.98 Å². The van der Waals surface area contributed by atoms with Crippen molar-refractivity contribution in [2.24, 2.45) is 0 Å². The van der Waals surface area contributed by atoms with E-state index < -0.39 is 0 Å². The molecule has 1 N–H and O–H groups in total. The summed E-state index contributed by atoms with van der Waals surface area (Å²) in [6.07, 6.45) is 3.53. The summed E-state index contributed by atoms with van der Waals surface area (Å²) >= 11 is 1.68. The van der Waals surface area contributed by atoms with E-state index in [9.17, 15) is 0 Å². The minimum Gasteiger partial charge on any atom is -0.372 e. The number of benzene rings is 1. The summed E-state index contributed by atoms with van der Waals surface area (Å²) in [6, 6.07) is 16.4. The van der Waals surface area contributed by atoms with Gasteiger partial charge in [-0.15, -0.1) is 11.3 Å². The lowest BCUT2D eigenvalue weighted by molar-refractivity contribution is 1.20. The third kappa shape index (κ3) is 2.55. The Labute approximate surface area is 137 Å². The molecule has 23 heavy (non-hydrogen) atoms. The van der Waals surface area contributed by atoms with Crippen LogP contribution in [0.25, 0.3) is 32.0 Å². The number of anilines is 1. The minimum absolute atomic E-state index is 0.691. The number of nitrogens with one attached hydrogen (secondary N) is 1. The van der Waals surface area contributed by atoms with Crippen molar-refractivity contribution in [3.63, 3.8) is 0 Å². The fourth-order valence-corrected chi connectivity index (χ4v) is 3.52. The van der Waals surface area contributed by atoms with E-state index in [2.05, 4.69) is 33.5 Å². The average Bonchev–Trinajstić information content (AvgIpc) is 3.06. The summed E-state index contributed by atoms with van der Waals surface area (Å²) < 4.78 is 0. The fourth-order valence-electron chi connectivity index (χ4n) is 2.48. The second-order valence-electron chi connectivity index (χ2n) is 5.08. The number of hydrogen-bond donors (Lipinski definition) is 1. The van der Waals surface area contributed by atoms with Gasteiger partial charge in [0.15, 0.2) is 5.82 Å². The maximum absolute atomic E-state index is 4.73. The Morgan fingerprint density at radius 1 is 0.957 bits per heavy atom. The molecule has 0 radical (unpaired) electrons. The van der Waals surface area contributed by atoms with Crippen molar-refractivity contribution < 1.29 is 0 Å². The van der Waals surface area contributed by atoms with Crippen molar-refractivity contribution in [3.8, 4) is 21.8 Å². The summed E-state index contributed by atoms with van der Waals surface area (Å²) in [7, 11) is 1.88. The van der Waals surface area contributed by atoms with Crippen molar-refractivity contribution in [2.75, 3.05) is 12.4 Å². The highest BCUT2D eigenvalue weighted by Gasteiger charge is 2.13. The minimum atomic E-state index is 0.691. The van der Waals surface area contributed by atoms with Crippen molar-refractivity contribution in [2.45, 2.75) is 0 Å². The molecule has 0 aliphatic rings. The van der Waals surface area contributed by atoms with Crippen LogP contribution in [0.2, 0.25) is 0 Å². The number of thiophene rings is 1. The molecule has 0 fully saturated rings. The number of rotatable bonds is 3. The Morgan fingerprint density at radius 2 is 1.78 bits per heavy atom. The molecule has 4 rings (SSSR count). The summed E-state index contributed by atoms with van der Waals surface area (Å²) in [6.45, 7) is 0. The molecule has 0 atom stereocenters. The zero-order valence-electron chi connectivity index (χ0n) is 12.5. The van der Waals surface area contributed by atoms with Gasteiger partial charge in [-0.05, 0) is 23.8 Å². The number of fused-ring (bicyclic) bond motifs is 1. The van der Waals surface area contributed by atoms with Crippen LogP contribution in [0.3, 0.4) is 0 Å². The third-order valence-electron chi connectivity index (χ3n) is 3.61. The maximum atomic E-state index is 4.73. The van der Waals surface area contributed by atoms with Gasteiger partial charge in [0.25, 0.3) is 0 Å². The maximum Gasteiger partial charge on any atom is 0.164 e. The van der Waals surface area contributed by atoms with Gasteiger partial charge in [0, 0.05) is 29.9 Å². The summed E-state index contributed by atoms with van der Waals surface area (Å²) in [4.78, 5) is 15.7. The van der Waals surface area contributed by atoms with Crippen molar-refractivity contribution in [1.29, 1.82) is 0 Å². The smallest absolute Gasteiger partial charge is 0.164 e. The van der Waals surface area contributed by atoms with E-state index in [1.54, 1.807) is 23.7 Å². The third-order valence-corrected chi connectivity index (χ3v) is 4.69. The summed E-state index contributed by atoms with van der Waals surface area (Å²) in [5.74, 6) is 1.53. The van der Waals surface area contributed by atoms with Crippen molar-refractivity contribution >= 4 is 27.4 Å². The topological polar surface area (TPSA) is 50.7 Å². The van der Waals surface area contributed by atoms with Crippen LogP contribution in [0.4, 0.5) is 5.82 Å². The van der Waals surface area contributed by atoms with E-state index in [0.717, 1.165) is 21.6 Å².